The fraction of sp³-hybridized carbons (Fsp3) is 0.227. The van der Waals surface area contributed by atoms with Crippen LogP contribution in [0.15, 0.2) is 55.2 Å². The Balaban J connectivity index is 1.44. The molecule has 3 aromatic heterocycles. The monoisotopic (exact) mass is 384 g/mol. The third kappa shape index (κ3) is 3.14. The van der Waals surface area contributed by atoms with Crippen LogP contribution in [0.4, 0.5) is 0 Å². The third-order valence-corrected chi connectivity index (χ3v) is 5.46. The Morgan fingerprint density at radius 3 is 2.76 bits per heavy atom. The molecule has 1 fully saturated rings. The normalized spacial score (nSPS) is 16.4. The fourth-order valence-electron chi connectivity index (χ4n) is 3.97. The van der Waals surface area contributed by atoms with E-state index < -0.39 is 0 Å². The van der Waals surface area contributed by atoms with Crippen molar-refractivity contribution in [1.29, 1.82) is 0 Å². The standard InChI is InChI=1S/C22H20N6O/c1-14-4-6-18-17(9-14)21(27-26-18)22(29)28-8-2-3-20(28)19-7-5-15(12-25-19)16-10-23-13-24-11-16/h4-7,9-13,20H,2-3,8H2,1H3,(H,26,27)/t20-/m1/s1. The lowest BCUT2D eigenvalue weighted by atomic mass is 10.1. The van der Waals surface area contributed by atoms with E-state index in [9.17, 15) is 4.79 Å². The van der Waals surface area contributed by atoms with E-state index in [-0.39, 0.29) is 11.9 Å². The van der Waals surface area contributed by atoms with Gasteiger partial charge in [-0.15, -0.1) is 0 Å². The first-order valence-corrected chi connectivity index (χ1v) is 9.68. The summed E-state index contributed by atoms with van der Waals surface area (Å²) in [5.41, 5.74) is 5.24. The van der Waals surface area contributed by atoms with Crippen LogP contribution in [0.25, 0.3) is 22.0 Å². The molecule has 0 aliphatic carbocycles. The number of nitrogens with one attached hydrogen (secondary N) is 1. The van der Waals surface area contributed by atoms with Crippen LogP contribution in [0.5, 0.6) is 0 Å². The first kappa shape index (κ1) is 17.5. The molecule has 1 atom stereocenters. The highest BCUT2D eigenvalue weighted by Crippen LogP contribution is 2.33. The summed E-state index contributed by atoms with van der Waals surface area (Å²) in [6.07, 6.45) is 8.71. The van der Waals surface area contributed by atoms with Crippen LogP contribution >= 0.6 is 0 Å². The molecule has 7 heteroatoms. The van der Waals surface area contributed by atoms with Gasteiger partial charge in [-0.05, 0) is 38.0 Å². The Bertz CT molecular complexity index is 1170. The lowest BCUT2D eigenvalue weighted by Gasteiger charge is -2.23. The van der Waals surface area contributed by atoms with Crippen LogP contribution in [0.3, 0.4) is 0 Å². The van der Waals surface area contributed by atoms with Crippen molar-refractivity contribution < 1.29 is 4.79 Å². The molecule has 5 rings (SSSR count). The Kier molecular flexibility index (Phi) is 4.27. The second-order valence-corrected chi connectivity index (χ2v) is 7.38. The summed E-state index contributed by atoms with van der Waals surface area (Å²) in [6.45, 7) is 2.72. The molecule has 7 nitrogen and oxygen atoms in total. The number of fused-ring (bicyclic) bond motifs is 1. The number of aromatic nitrogens is 5. The van der Waals surface area contributed by atoms with E-state index in [1.165, 1.54) is 6.33 Å². The molecule has 0 unspecified atom stereocenters. The lowest BCUT2D eigenvalue weighted by molar-refractivity contribution is 0.0729. The van der Waals surface area contributed by atoms with Crippen LogP contribution in [0.1, 0.15) is 40.6 Å². The molecule has 29 heavy (non-hydrogen) atoms. The zero-order chi connectivity index (χ0) is 19.8. The summed E-state index contributed by atoms with van der Waals surface area (Å²) in [6, 6.07) is 9.94. The van der Waals surface area contributed by atoms with Gasteiger partial charge in [0.1, 0.15) is 6.33 Å². The highest BCUT2D eigenvalue weighted by molar-refractivity contribution is 6.05. The number of rotatable bonds is 3. The zero-order valence-electron chi connectivity index (χ0n) is 16.0. The van der Waals surface area contributed by atoms with Crippen molar-refractivity contribution in [2.75, 3.05) is 6.54 Å². The van der Waals surface area contributed by atoms with Crippen molar-refractivity contribution in [3.8, 4) is 11.1 Å². The van der Waals surface area contributed by atoms with Crippen LogP contribution in [0, 0.1) is 6.92 Å². The molecule has 0 saturated carbocycles. The molecular weight excluding hydrogens is 364 g/mol. The zero-order valence-corrected chi connectivity index (χ0v) is 16.0. The predicted molar refractivity (Wildman–Crippen MR) is 109 cm³/mol. The number of nitrogens with zero attached hydrogens (tertiary/aromatic N) is 5. The number of carbonyl (C=O) groups excluding carboxylic acids is 1. The number of pyridine rings is 1. The third-order valence-electron chi connectivity index (χ3n) is 5.46. The summed E-state index contributed by atoms with van der Waals surface area (Å²) >= 11 is 0. The van der Waals surface area contributed by atoms with Crippen molar-refractivity contribution in [3.63, 3.8) is 0 Å². The maximum atomic E-state index is 13.3. The minimum atomic E-state index is -0.0494. The predicted octanol–water partition coefficient (Wildman–Crippen LogP) is 3.70. The molecule has 1 amide bonds. The Morgan fingerprint density at radius 2 is 1.97 bits per heavy atom. The molecule has 4 heterocycles. The van der Waals surface area contributed by atoms with Gasteiger partial charge in [-0.3, -0.25) is 14.9 Å². The number of hydrogen-bond acceptors (Lipinski definition) is 5. The fourth-order valence-corrected chi connectivity index (χ4v) is 3.97. The number of aromatic amines is 1. The van der Waals surface area contributed by atoms with Crippen LogP contribution in [0.2, 0.25) is 0 Å². The van der Waals surface area contributed by atoms with Crippen LogP contribution in [-0.2, 0) is 0 Å². The van der Waals surface area contributed by atoms with Gasteiger partial charge in [-0.2, -0.15) is 5.10 Å². The van der Waals surface area contributed by atoms with Crippen molar-refractivity contribution in [2.24, 2.45) is 0 Å². The van der Waals surface area contributed by atoms with Gasteiger partial charge < -0.3 is 4.90 Å². The van der Waals surface area contributed by atoms with Crippen LogP contribution < -0.4 is 0 Å². The number of aryl methyl sites for hydroxylation is 1. The van der Waals surface area contributed by atoms with Crippen molar-refractivity contribution in [2.45, 2.75) is 25.8 Å². The second kappa shape index (κ2) is 7.09. The molecule has 0 bridgehead atoms. The molecule has 1 aliphatic rings. The number of carbonyl (C=O) groups is 1. The SMILES string of the molecule is Cc1ccc2[nH]nc(C(=O)N3CCC[C@@H]3c3ccc(-c4cncnc4)cn3)c2c1. The molecular formula is C22H20N6O. The minimum Gasteiger partial charge on any atom is -0.329 e. The lowest BCUT2D eigenvalue weighted by Crippen LogP contribution is -2.31. The average molecular weight is 384 g/mol. The summed E-state index contributed by atoms with van der Waals surface area (Å²) in [7, 11) is 0. The van der Waals surface area contributed by atoms with Gasteiger partial charge in [0.2, 0.25) is 0 Å². The average Bonchev–Trinajstić information content (AvgIpc) is 3.41. The minimum absolute atomic E-state index is 0.0415. The smallest absolute Gasteiger partial charge is 0.275 e. The van der Waals surface area contributed by atoms with E-state index in [1.54, 1.807) is 12.4 Å². The molecule has 1 saturated heterocycles. The Morgan fingerprint density at radius 1 is 1.10 bits per heavy atom. The topological polar surface area (TPSA) is 87.7 Å². The van der Waals surface area contributed by atoms with E-state index in [0.29, 0.717) is 12.2 Å². The van der Waals surface area contributed by atoms with Gasteiger partial charge in [0.15, 0.2) is 5.69 Å². The second-order valence-electron chi connectivity index (χ2n) is 7.38. The van der Waals surface area contributed by atoms with Gasteiger partial charge >= 0.3 is 0 Å². The summed E-state index contributed by atoms with van der Waals surface area (Å²) < 4.78 is 0. The van der Waals surface area contributed by atoms with Gasteiger partial charge in [0.25, 0.3) is 5.91 Å². The quantitative estimate of drug-likeness (QED) is 0.582. The Hall–Kier alpha value is -3.61. The number of hydrogen-bond donors (Lipinski definition) is 1. The summed E-state index contributed by atoms with van der Waals surface area (Å²) in [4.78, 5) is 28.0. The molecule has 0 radical (unpaired) electrons. The van der Waals surface area contributed by atoms with Gasteiger partial charge in [-0.25, -0.2) is 9.97 Å². The summed E-state index contributed by atoms with van der Waals surface area (Å²) in [5.74, 6) is -0.0494. The Labute approximate surface area is 167 Å². The molecule has 144 valence electrons. The van der Waals surface area contributed by atoms with E-state index >= 15 is 0 Å². The maximum Gasteiger partial charge on any atom is 0.275 e. The summed E-state index contributed by atoms with van der Waals surface area (Å²) in [5, 5.41) is 8.16. The molecule has 0 spiro atoms. The number of likely N-dealkylation sites (tertiary alicyclic amines) is 1. The first-order valence-electron chi connectivity index (χ1n) is 9.68. The largest absolute Gasteiger partial charge is 0.329 e. The van der Waals surface area contributed by atoms with E-state index in [2.05, 4.69) is 25.1 Å². The number of amides is 1. The van der Waals surface area contributed by atoms with Gasteiger partial charge in [0.05, 0.1) is 17.3 Å². The first-order chi connectivity index (χ1) is 14.2. The van der Waals surface area contributed by atoms with Crippen molar-refractivity contribution in [1.82, 2.24) is 30.0 Å². The highest BCUT2D eigenvalue weighted by Gasteiger charge is 2.33. The van der Waals surface area contributed by atoms with E-state index in [0.717, 1.165) is 46.1 Å². The molecule has 4 aromatic rings. The van der Waals surface area contributed by atoms with E-state index in [1.807, 2.05) is 48.4 Å². The van der Waals surface area contributed by atoms with E-state index in [4.69, 9.17) is 0 Å². The molecule has 1 aromatic carbocycles. The number of benzene rings is 1. The van der Waals surface area contributed by atoms with Crippen molar-refractivity contribution >= 4 is 16.8 Å². The molecule has 1 N–H and O–H groups in total. The number of H-pyrrole nitrogens is 1. The highest BCUT2D eigenvalue weighted by atomic mass is 16.2. The van der Waals surface area contributed by atoms with Gasteiger partial charge in [0, 0.05) is 41.6 Å². The molecule has 1 aliphatic heterocycles. The van der Waals surface area contributed by atoms with Crippen LogP contribution in [-0.4, -0.2) is 42.5 Å². The maximum absolute atomic E-state index is 13.3. The van der Waals surface area contributed by atoms with Gasteiger partial charge in [-0.1, -0.05) is 17.7 Å². The van der Waals surface area contributed by atoms with Crippen molar-refractivity contribution in [3.05, 3.63) is 72.2 Å².